The zero-order chi connectivity index (χ0) is 19.0. The third kappa shape index (κ3) is 3.66. The molecule has 3 aliphatic rings. The van der Waals surface area contributed by atoms with Crippen molar-refractivity contribution in [2.75, 3.05) is 44.7 Å². The second-order valence-corrected chi connectivity index (χ2v) is 7.72. The molecule has 0 bridgehead atoms. The van der Waals surface area contributed by atoms with Gasteiger partial charge in [-0.15, -0.1) is 0 Å². The van der Waals surface area contributed by atoms with Crippen LogP contribution in [0.4, 0.5) is 10.6 Å². The minimum Gasteiger partial charge on any atom is -0.465 e. The molecule has 27 heavy (non-hydrogen) atoms. The zero-order valence-corrected chi connectivity index (χ0v) is 16.0. The molecule has 9 heteroatoms. The van der Waals surface area contributed by atoms with Gasteiger partial charge in [0.05, 0.1) is 5.69 Å². The van der Waals surface area contributed by atoms with Gasteiger partial charge >= 0.3 is 12.1 Å². The van der Waals surface area contributed by atoms with Gasteiger partial charge in [0.1, 0.15) is 12.4 Å². The Morgan fingerprint density at radius 3 is 2.85 bits per heavy atom. The van der Waals surface area contributed by atoms with E-state index < -0.39 is 6.09 Å². The summed E-state index contributed by atoms with van der Waals surface area (Å²) in [7, 11) is 2.13. The van der Waals surface area contributed by atoms with E-state index in [1.165, 1.54) is 11.3 Å². The summed E-state index contributed by atoms with van der Waals surface area (Å²) >= 11 is 0. The number of fused-ring (bicyclic) bond motifs is 1. The Bertz CT molecular complexity index is 715. The molecular weight excluding hydrogens is 348 g/mol. The second-order valence-electron chi connectivity index (χ2n) is 7.72. The molecule has 2 fully saturated rings. The van der Waals surface area contributed by atoms with E-state index in [-0.39, 0.29) is 6.04 Å². The Morgan fingerprint density at radius 1 is 1.30 bits per heavy atom. The fourth-order valence-corrected chi connectivity index (χ4v) is 4.24. The Kier molecular flexibility index (Phi) is 5.05. The SMILES string of the molecule is CC1CN(C(=O)O)CCN1c1nc(OCC2CCCN2C)nc2c1CNC2. The van der Waals surface area contributed by atoms with Crippen LogP contribution in [0, 0.1) is 0 Å². The molecule has 0 spiro atoms. The van der Waals surface area contributed by atoms with Gasteiger partial charge in [-0.2, -0.15) is 9.97 Å². The number of anilines is 1. The number of carbonyl (C=O) groups is 1. The molecule has 0 aliphatic carbocycles. The second kappa shape index (κ2) is 7.47. The van der Waals surface area contributed by atoms with Crippen molar-refractivity contribution in [3.63, 3.8) is 0 Å². The summed E-state index contributed by atoms with van der Waals surface area (Å²) in [5.74, 6) is 0.886. The lowest BCUT2D eigenvalue weighted by Crippen LogP contribution is -2.54. The van der Waals surface area contributed by atoms with Gasteiger partial charge in [-0.1, -0.05) is 0 Å². The number of ether oxygens (including phenoxy) is 1. The average Bonchev–Trinajstić information content (AvgIpc) is 3.27. The highest BCUT2D eigenvalue weighted by atomic mass is 16.5. The predicted molar refractivity (Wildman–Crippen MR) is 100 cm³/mol. The van der Waals surface area contributed by atoms with Crippen LogP contribution in [0.2, 0.25) is 0 Å². The molecule has 0 saturated carbocycles. The topological polar surface area (TPSA) is 94.1 Å². The van der Waals surface area contributed by atoms with Crippen LogP contribution in [0.5, 0.6) is 6.01 Å². The molecule has 4 heterocycles. The summed E-state index contributed by atoms with van der Waals surface area (Å²) < 4.78 is 5.99. The summed E-state index contributed by atoms with van der Waals surface area (Å²) in [6.45, 7) is 6.79. The Morgan fingerprint density at radius 2 is 2.15 bits per heavy atom. The van der Waals surface area contributed by atoms with Gasteiger partial charge in [0.2, 0.25) is 0 Å². The zero-order valence-electron chi connectivity index (χ0n) is 16.0. The maximum absolute atomic E-state index is 11.3. The summed E-state index contributed by atoms with van der Waals surface area (Å²) in [5, 5.41) is 12.6. The highest BCUT2D eigenvalue weighted by molar-refractivity contribution is 5.66. The van der Waals surface area contributed by atoms with Gasteiger partial charge in [0.15, 0.2) is 0 Å². The molecule has 0 radical (unpaired) electrons. The number of likely N-dealkylation sites (N-methyl/N-ethyl adjacent to an activating group) is 1. The van der Waals surface area contributed by atoms with Gasteiger partial charge in [-0.3, -0.25) is 0 Å². The molecule has 2 N–H and O–H groups in total. The smallest absolute Gasteiger partial charge is 0.407 e. The van der Waals surface area contributed by atoms with Crippen LogP contribution in [0.3, 0.4) is 0 Å². The quantitative estimate of drug-likeness (QED) is 0.795. The lowest BCUT2D eigenvalue weighted by Gasteiger charge is -2.40. The molecule has 9 nitrogen and oxygen atoms in total. The van der Waals surface area contributed by atoms with Crippen molar-refractivity contribution in [2.45, 2.75) is 44.9 Å². The van der Waals surface area contributed by atoms with Gasteiger partial charge in [0.25, 0.3) is 0 Å². The van der Waals surface area contributed by atoms with Gasteiger partial charge in [-0.05, 0) is 33.4 Å². The summed E-state index contributed by atoms with van der Waals surface area (Å²) in [5.41, 5.74) is 2.10. The van der Waals surface area contributed by atoms with E-state index in [1.54, 1.807) is 0 Å². The highest BCUT2D eigenvalue weighted by Crippen LogP contribution is 2.30. The van der Waals surface area contributed by atoms with Gasteiger partial charge in [-0.25, -0.2) is 4.79 Å². The lowest BCUT2D eigenvalue weighted by molar-refractivity contribution is 0.136. The number of piperazine rings is 1. The largest absolute Gasteiger partial charge is 0.465 e. The Labute approximate surface area is 159 Å². The number of amides is 1. The Hall–Kier alpha value is -2.13. The molecule has 1 aromatic heterocycles. The first-order valence-corrected chi connectivity index (χ1v) is 9.71. The first kappa shape index (κ1) is 18.2. The van der Waals surface area contributed by atoms with Crippen LogP contribution in [-0.4, -0.2) is 82.9 Å². The number of rotatable bonds is 4. The maximum Gasteiger partial charge on any atom is 0.407 e. The van der Waals surface area contributed by atoms with Crippen LogP contribution < -0.4 is 15.0 Å². The number of carboxylic acid groups (broad SMARTS) is 1. The van der Waals surface area contributed by atoms with E-state index in [0.717, 1.165) is 36.6 Å². The average molecular weight is 376 g/mol. The van der Waals surface area contributed by atoms with Crippen molar-refractivity contribution in [2.24, 2.45) is 0 Å². The molecule has 4 rings (SSSR count). The number of nitrogens with zero attached hydrogens (tertiary/aromatic N) is 5. The highest BCUT2D eigenvalue weighted by Gasteiger charge is 2.31. The van der Waals surface area contributed by atoms with Crippen molar-refractivity contribution in [1.82, 2.24) is 25.1 Å². The fraction of sp³-hybridized carbons (Fsp3) is 0.722. The van der Waals surface area contributed by atoms with Crippen LogP contribution in [0.15, 0.2) is 0 Å². The van der Waals surface area contributed by atoms with E-state index in [9.17, 15) is 9.90 Å². The fourth-order valence-electron chi connectivity index (χ4n) is 4.24. The van der Waals surface area contributed by atoms with Gasteiger partial charge < -0.3 is 29.9 Å². The van der Waals surface area contributed by atoms with Crippen LogP contribution in [0.25, 0.3) is 0 Å². The molecule has 148 valence electrons. The predicted octanol–water partition coefficient (Wildman–Crippen LogP) is 0.741. The van der Waals surface area contributed by atoms with E-state index in [2.05, 4.69) is 27.1 Å². The van der Waals surface area contributed by atoms with Crippen LogP contribution >= 0.6 is 0 Å². The van der Waals surface area contributed by atoms with Crippen molar-refractivity contribution in [3.8, 4) is 6.01 Å². The maximum atomic E-state index is 11.3. The van der Waals surface area contributed by atoms with E-state index in [0.29, 0.717) is 44.8 Å². The number of nitrogens with one attached hydrogen (secondary N) is 1. The molecule has 1 amide bonds. The first-order valence-electron chi connectivity index (χ1n) is 9.71. The number of hydrogen-bond donors (Lipinski definition) is 2. The Balaban J connectivity index is 1.53. The summed E-state index contributed by atoms with van der Waals surface area (Å²) in [6.07, 6.45) is 1.49. The van der Waals surface area contributed by atoms with E-state index >= 15 is 0 Å². The van der Waals surface area contributed by atoms with Crippen molar-refractivity contribution < 1.29 is 14.6 Å². The molecular formula is C18H28N6O3. The molecule has 2 atom stereocenters. The molecule has 0 aromatic carbocycles. The minimum atomic E-state index is -0.860. The first-order chi connectivity index (χ1) is 13.0. The van der Waals surface area contributed by atoms with E-state index in [4.69, 9.17) is 9.72 Å². The van der Waals surface area contributed by atoms with Crippen LogP contribution in [0.1, 0.15) is 31.0 Å². The summed E-state index contributed by atoms with van der Waals surface area (Å²) in [4.78, 5) is 26.6. The van der Waals surface area contributed by atoms with Crippen molar-refractivity contribution >= 4 is 11.9 Å². The number of likely N-dealkylation sites (tertiary alicyclic amines) is 1. The molecule has 3 aliphatic heterocycles. The number of aromatic nitrogens is 2. The monoisotopic (exact) mass is 376 g/mol. The van der Waals surface area contributed by atoms with Crippen molar-refractivity contribution in [3.05, 3.63) is 11.3 Å². The lowest BCUT2D eigenvalue weighted by atomic mass is 10.1. The molecule has 1 aromatic rings. The van der Waals surface area contributed by atoms with Crippen LogP contribution in [-0.2, 0) is 13.1 Å². The molecule has 2 saturated heterocycles. The standard InChI is InChI=1S/C18H28N6O3/c1-12-10-23(18(25)26)6-7-24(12)16-14-8-19-9-15(14)20-17(21-16)27-11-13-4-3-5-22(13)2/h12-13,19H,3-11H2,1-2H3,(H,25,26). The number of hydrogen-bond acceptors (Lipinski definition) is 7. The van der Waals surface area contributed by atoms with E-state index in [1.807, 2.05) is 6.92 Å². The van der Waals surface area contributed by atoms with Gasteiger partial charge in [0, 0.05) is 50.4 Å². The third-order valence-corrected chi connectivity index (χ3v) is 5.89. The normalized spacial score (nSPS) is 25.7. The minimum absolute atomic E-state index is 0.0586. The third-order valence-electron chi connectivity index (χ3n) is 5.89. The summed E-state index contributed by atoms with van der Waals surface area (Å²) in [6, 6.07) is 0.908. The van der Waals surface area contributed by atoms with Crippen molar-refractivity contribution in [1.29, 1.82) is 0 Å². The molecule has 2 unspecified atom stereocenters.